The lowest BCUT2D eigenvalue weighted by Gasteiger charge is -2.12. The van der Waals surface area contributed by atoms with Crippen LogP contribution in [0.15, 0.2) is 30.5 Å². The number of anilines is 1. The first kappa shape index (κ1) is 17.4. The van der Waals surface area contributed by atoms with Crippen LogP contribution in [0.4, 0.5) is 10.2 Å². The van der Waals surface area contributed by atoms with E-state index in [1.165, 1.54) is 6.07 Å². The van der Waals surface area contributed by atoms with Crippen LogP contribution in [-0.4, -0.2) is 14.7 Å². The highest BCUT2D eigenvalue weighted by atomic mass is 19.1. The third kappa shape index (κ3) is 3.24. The summed E-state index contributed by atoms with van der Waals surface area (Å²) in [6.07, 6.45) is 2.76. The molecule has 0 atom stereocenters. The summed E-state index contributed by atoms with van der Waals surface area (Å²) in [7, 11) is 0. The Bertz CT molecular complexity index is 902. The Kier molecular flexibility index (Phi) is 5.04. The first-order chi connectivity index (χ1) is 12.1. The number of benzene rings is 1. The highest BCUT2D eigenvalue weighted by Gasteiger charge is 2.16. The maximum Gasteiger partial charge on any atom is 0.150 e. The number of aromatic nitrogens is 2. The van der Waals surface area contributed by atoms with Gasteiger partial charge in [0.1, 0.15) is 5.82 Å². The molecule has 0 radical (unpaired) electrons. The van der Waals surface area contributed by atoms with Gasteiger partial charge in [0.25, 0.3) is 0 Å². The van der Waals surface area contributed by atoms with Crippen LogP contribution < -0.4 is 5.32 Å². The molecule has 1 aromatic carbocycles. The third-order valence-electron chi connectivity index (χ3n) is 4.72. The van der Waals surface area contributed by atoms with Gasteiger partial charge in [-0.1, -0.05) is 13.0 Å². The standard InChI is InChI=1S/C20H24FN3O/c1-4-9-24-14(3)18(12-25)17-7-8-22-20(19(17)24)23-11-15-5-6-16(21)10-13(15)2/h5-8,10,25H,4,9,11-12H2,1-3H3,(H,22,23). The number of hydrogen-bond acceptors (Lipinski definition) is 3. The van der Waals surface area contributed by atoms with E-state index in [9.17, 15) is 9.50 Å². The molecule has 0 aliphatic heterocycles. The van der Waals surface area contributed by atoms with E-state index in [1.54, 1.807) is 18.3 Å². The van der Waals surface area contributed by atoms with E-state index in [4.69, 9.17) is 0 Å². The minimum absolute atomic E-state index is 0.0135. The number of aliphatic hydroxyl groups excluding tert-OH is 1. The largest absolute Gasteiger partial charge is 0.392 e. The van der Waals surface area contributed by atoms with Crippen molar-refractivity contribution in [1.82, 2.24) is 9.55 Å². The fraction of sp³-hybridized carbons (Fsp3) is 0.350. The van der Waals surface area contributed by atoms with Crippen LogP contribution in [0.5, 0.6) is 0 Å². The lowest BCUT2D eigenvalue weighted by Crippen LogP contribution is -2.07. The van der Waals surface area contributed by atoms with Crippen molar-refractivity contribution in [2.24, 2.45) is 0 Å². The van der Waals surface area contributed by atoms with E-state index < -0.39 is 0 Å². The van der Waals surface area contributed by atoms with Crippen LogP contribution in [-0.2, 0) is 19.7 Å². The second kappa shape index (κ2) is 7.23. The van der Waals surface area contributed by atoms with Gasteiger partial charge in [-0.25, -0.2) is 9.37 Å². The summed E-state index contributed by atoms with van der Waals surface area (Å²) in [5, 5.41) is 14.2. The molecule has 2 N–H and O–H groups in total. The van der Waals surface area contributed by atoms with Crippen molar-refractivity contribution in [2.75, 3.05) is 5.32 Å². The average Bonchev–Trinajstić information content (AvgIpc) is 2.86. The number of rotatable bonds is 6. The SMILES string of the molecule is CCCn1c(C)c(CO)c2ccnc(NCc3ccc(F)cc3C)c21. The number of halogens is 1. The minimum atomic E-state index is -0.221. The first-order valence-electron chi connectivity index (χ1n) is 8.63. The molecule has 0 bridgehead atoms. The maximum absolute atomic E-state index is 13.3. The van der Waals surface area contributed by atoms with Crippen molar-refractivity contribution in [1.29, 1.82) is 0 Å². The zero-order valence-corrected chi connectivity index (χ0v) is 14.9. The molecule has 25 heavy (non-hydrogen) atoms. The van der Waals surface area contributed by atoms with Crippen LogP contribution in [0.1, 0.15) is 35.7 Å². The van der Waals surface area contributed by atoms with Crippen molar-refractivity contribution >= 4 is 16.7 Å². The summed E-state index contributed by atoms with van der Waals surface area (Å²) in [5.41, 5.74) is 5.00. The fourth-order valence-corrected chi connectivity index (χ4v) is 3.36. The van der Waals surface area contributed by atoms with E-state index in [1.807, 2.05) is 19.9 Å². The van der Waals surface area contributed by atoms with Gasteiger partial charge in [-0.2, -0.15) is 0 Å². The molecular weight excluding hydrogens is 317 g/mol. The number of fused-ring (bicyclic) bond motifs is 1. The highest BCUT2D eigenvalue weighted by Crippen LogP contribution is 2.30. The van der Waals surface area contributed by atoms with Gasteiger partial charge in [-0.3, -0.25) is 0 Å². The van der Waals surface area contributed by atoms with E-state index in [0.717, 1.165) is 52.1 Å². The lowest BCUT2D eigenvalue weighted by molar-refractivity contribution is 0.282. The number of pyridine rings is 1. The average molecular weight is 341 g/mol. The van der Waals surface area contributed by atoms with E-state index in [-0.39, 0.29) is 12.4 Å². The van der Waals surface area contributed by atoms with Gasteiger partial charge in [-0.05, 0) is 49.6 Å². The molecule has 3 aromatic rings. The van der Waals surface area contributed by atoms with Gasteiger partial charge in [0.05, 0.1) is 12.1 Å². The summed E-state index contributed by atoms with van der Waals surface area (Å²) >= 11 is 0. The molecule has 0 amide bonds. The second-order valence-electron chi connectivity index (χ2n) is 6.35. The van der Waals surface area contributed by atoms with Crippen LogP contribution >= 0.6 is 0 Å². The quantitative estimate of drug-likeness (QED) is 0.702. The maximum atomic E-state index is 13.3. The zero-order valence-electron chi connectivity index (χ0n) is 14.9. The van der Waals surface area contributed by atoms with Gasteiger partial charge < -0.3 is 15.0 Å². The number of hydrogen-bond donors (Lipinski definition) is 2. The van der Waals surface area contributed by atoms with Crippen molar-refractivity contribution in [2.45, 2.75) is 46.9 Å². The summed E-state index contributed by atoms with van der Waals surface area (Å²) < 4.78 is 15.5. The molecule has 0 aliphatic rings. The summed E-state index contributed by atoms with van der Waals surface area (Å²) in [6, 6.07) is 6.77. The molecule has 2 heterocycles. The number of aliphatic hydroxyl groups is 1. The number of aryl methyl sites for hydroxylation is 2. The smallest absolute Gasteiger partial charge is 0.150 e. The predicted molar refractivity (Wildman–Crippen MR) is 99.1 cm³/mol. The molecule has 0 saturated carbocycles. The van der Waals surface area contributed by atoms with Gasteiger partial charge in [-0.15, -0.1) is 0 Å². The molecule has 0 saturated heterocycles. The Balaban J connectivity index is 2.01. The van der Waals surface area contributed by atoms with E-state index >= 15 is 0 Å². The molecule has 5 heteroatoms. The Hall–Kier alpha value is -2.40. The lowest BCUT2D eigenvalue weighted by atomic mass is 10.1. The second-order valence-corrected chi connectivity index (χ2v) is 6.35. The molecule has 0 unspecified atom stereocenters. The van der Waals surface area contributed by atoms with Crippen LogP contribution in [0.2, 0.25) is 0 Å². The van der Waals surface area contributed by atoms with Crippen molar-refractivity contribution in [3.8, 4) is 0 Å². The fourth-order valence-electron chi connectivity index (χ4n) is 3.36. The van der Waals surface area contributed by atoms with E-state index in [0.29, 0.717) is 6.54 Å². The number of nitrogens with one attached hydrogen (secondary N) is 1. The van der Waals surface area contributed by atoms with Crippen LogP contribution in [0, 0.1) is 19.7 Å². The van der Waals surface area contributed by atoms with Crippen molar-refractivity contribution in [3.05, 3.63) is 58.7 Å². The normalized spacial score (nSPS) is 11.2. The van der Waals surface area contributed by atoms with Gasteiger partial charge in [0.2, 0.25) is 0 Å². The number of nitrogens with zero attached hydrogens (tertiary/aromatic N) is 2. The van der Waals surface area contributed by atoms with Crippen LogP contribution in [0.25, 0.3) is 10.9 Å². The minimum Gasteiger partial charge on any atom is -0.392 e. The molecule has 0 aliphatic carbocycles. The molecule has 2 aromatic heterocycles. The Morgan fingerprint density at radius 3 is 2.72 bits per heavy atom. The predicted octanol–water partition coefficient (Wildman–Crippen LogP) is 4.31. The molecule has 4 nitrogen and oxygen atoms in total. The first-order valence-corrected chi connectivity index (χ1v) is 8.63. The van der Waals surface area contributed by atoms with E-state index in [2.05, 4.69) is 21.8 Å². The molecular formula is C20H24FN3O. The molecule has 132 valence electrons. The summed E-state index contributed by atoms with van der Waals surface area (Å²) in [6.45, 7) is 7.53. The summed E-state index contributed by atoms with van der Waals surface area (Å²) in [4.78, 5) is 4.51. The molecule has 0 spiro atoms. The van der Waals surface area contributed by atoms with Crippen LogP contribution in [0.3, 0.4) is 0 Å². The highest BCUT2D eigenvalue weighted by molar-refractivity contribution is 5.93. The monoisotopic (exact) mass is 341 g/mol. The van der Waals surface area contributed by atoms with Gasteiger partial charge in [0.15, 0.2) is 5.82 Å². The van der Waals surface area contributed by atoms with Crippen molar-refractivity contribution < 1.29 is 9.50 Å². The van der Waals surface area contributed by atoms with Crippen molar-refractivity contribution in [3.63, 3.8) is 0 Å². The summed E-state index contributed by atoms with van der Waals surface area (Å²) in [5.74, 6) is 0.569. The van der Waals surface area contributed by atoms with Gasteiger partial charge >= 0.3 is 0 Å². The molecule has 0 fully saturated rings. The molecule has 3 rings (SSSR count). The van der Waals surface area contributed by atoms with Gasteiger partial charge in [0, 0.05) is 35.9 Å². The third-order valence-corrected chi connectivity index (χ3v) is 4.72. The zero-order chi connectivity index (χ0) is 18.0. The Morgan fingerprint density at radius 1 is 1.24 bits per heavy atom. The topological polar surface area (TPSA) is 50.1 Å². The Morgan fingerprint density at radius 2 is 2.04 bits per heavy atom. The Labute approximate surface area is 147 Å².